The SMILES string of the molecule is CCc1ccccc1C1CC1CNC. The van der Waals surface area contributed by atoms with E-state index >= 15 is 0 Å². The molecule has 1 nitrogen and oxygen atoms in total. The summed E-state index contributed by atoms with van der Waals surface area (Å²) in [5.41, 5.74) is 3.13. The number of benzene rings is 1. The summed E-state index contributed by atoms with van der Waals surface area (Å²) in [6.07, 6.45) is 2.54. The van der Waals surface area contributed by atoms with Crippen molar-refractivity contribution in [2.75, 3.05) is 13.6 Å². The van der Waals surface area contributed by atoms with Crippen molar-refractivity contribution in [3.63, 3.8) is 0 Å². The summed E-state index contributed by atoms with van der Waals surface area (Å²) in [6.45, 7) is 3.41. The maximum absolute atomic E-state index is 3.27. The Kier molecular flexibility index (Phi) is 2.87. The van der Waals surface area contributed by atoms with Gasteiger partial charge in [0, 0.05) is 0 Å². The van der Waals surface area contributed by atoms with Crippen molar-refractivity contribution in [3.8, 4) is 0 Å². The van der Waals surface area contributed by atoms with Crippen LogP contribution < -0.4 is 5.32 Å². The molecule has 0 bridgehead atoms. The predicted octanol–water partition coefficient (Wildman–Crippen LogP) is 2.57. The zero-order chi connectivity index (χ0) is 9.97. The van der Waals surface area contributed by atoms with Crippen molar-refractivity contribution in [1.29, 1.82) is 0 Å². The van der Waals surface area contributed by atoms with E-state index in [9.17, 15) is 0 Å². The average molecular weight is 189 g/mol. The van der Waals surface area contributed by atoms with Crippen LogP contribution in [0.4, 0.5) is 0 Å². The highest BCUT2D eigenvalue weighted by Gasteiger charge is 2.38. The van der Waals surface area contributed by atoms with Crippen molar-refractivity contribution < 1.29 is 0 Å². The summed E-state index contributed by atoms with van der Waals surface area (Å²) in [5, 5.41) is 3.27. The van der Waals surface area contributed by atoms with Gasteiger partial charge in [0.25, 0.3) is 0 Å². The molecule has 2 rings (SSSR count). The van der Waals surface area contributed by atoms with Gasteiger partial charge in [-0.1, -0.05) is 31.2 Å². The van der Waals surface area contributed by atoms with Crippen molar-refractivity contribution in [3.05, 3.63) is 35.4 Å². The molecule has 14 heavy (non-hydrogen) atoms. The highest BCUT2D eigenvalue weighted by Crippen LogP contribution is 2.48. The van der Waals surface area contributed by atoms with E-state index in [1.54, 1.807) is 5.56 Å². The van der Waals surface area contributed by atoms with Crippen LogP contribution >= 0.6 is 0 Å². The van der Waals surface area contributed by atoms with Gasteiger partial charge in [-0.05, 0) is 49.4 Å². The van der Waals surface area contributed by atoms with Crippen molar-refractivity contribution in [1.82, 2.24) is 5.32 Å². The summed E-state index contributed by atoms with van der Waals surface area (Å²) in [5.74, 6) is 1.71. The van der Waals surface area contributed by atoms with Crippen LogP contribution in [0.3, 0.4) is 0 Å². The highest BCUT2D eigenvalue weighted by atomic mass is 14.8. The molecule has 76 valence electrons. The standard InChI is InChI=1S/C13H19N/c1-3-10-6-4-5-7-12(10)13-8-11(13)9-14-2/h4-7,11,13-14H,3,8-9H2,1-2H3. The Hall–Kier alpha value is -0.820. The van der Waals surface area contributed by atoms with Gasteiger partial charge in [-0.25, -0.2) is 0 Å². The third-order valence-corrected chi connectivity index (χ3v) is 3.22. The van der Waals surface area contributed by atoms with E-state index in [1.807, 2.05) is 7.05 Å². The first-order valence-electron chi connectivity index (χ1n) is 5.59. The monoisotopic (exact) mass is 189 g/mol. The molecule has 1 saturated carbocycles. The van der Waals surface area contributed by atoms with Crippen LogP contribution in [-0.4, -0.2) is 13.6 Å². The molecule has 0 amide bonds. The quantitative estimate of drug-likeness (QED) is 0.767. The Bertz CT molecular complexity index is 306. The summed E-state index contributed by atoms with van der Waals surface area (Å²) < 4.78 is 0. The molecule has 0 aromatic heterocycles. The minimum Gasteiger partial charge on any atom is -0.319 e. The summed E-state index contributed by atoms with van der Waals surface area (Å²) in [4.78, 5) is 0. The lowest BCUT2D eigenvalue weighted by Gasteiger charge is -2.06. The molecule has 1 aromatic carbocycles. The number of nitrogens with one attached hydrogen (secondary N) is 1. The summed E-state index contributed by atoms with van der Waals surface area (Å²) >= 11 is 0. The fourth-order valence-electron chi connectivity index (χ4n) is 2.33. The van der Waals surface area contributed by atoms with E-state index in [4.69, 9.17) is 0 Å². The van der Waals surface area contributed by atoms with Crippen LogP contribution in [0.25, 0.3) is 0 Å². The largest absolute Gasteiger partial charge is 0.319 e. The van der Waals surface area contributed by atoms with Crippen molar-refractivity contribution in [2.24, 2.45) is 5.92 Å². The van der Waals surface area contributed by atoms with Gasteiger partial charge < -0.3 is 5.32 Å². The Balaban J connectivity index is 2.10. The van der Waals surface area contributed by atoms with Gasteiger partial charge in [-0.2, -0.15) is 0 Å². The smallest absolute Gasteiger partial charge is 0.00174 e. The normalized spacial score (nSPS) is 25.0. The van der Waals surface area contributed by atoms with Crippen LogP contribution in [0.15, 0.2) is 24.3 Å². The van der Waals surface area contributed by atoms with E-state index < -0.39 is 0 Å². The second kappa shape index (κ2) is 4.14. The van der Waals surface area contributed by atoms with Crippen LogP contribution in [0.5, 0.6) is 0 Å². The van der Waals surface area contributed by atoms with Crippen molar-refractivity contribution >= 4 is 0 Å². The number of aryl methyl sites for hydroxylation is 1. The van der Waals surface area contributed by atoms with Crippen LogP contribution in [0.2, 0.25) is 0 Å². The zero-order valence-electron chi connectivity index (χ0n) is 9.09. The number of rotatable bonds is 4. The molecule has 1 aromatic rings. The van der Waals surface area contributed by atoms with Crippen LogP contribution in [0, 0.1) is 5.92 Å². The molecular weight excluding hydrogens is 170 g/mol. The van der Waals surface area contributed by atoms with Gasteiger partial charge >= 0.3 is 0 Å². The molecule has 1 heteroatoms. The maximum Gasteiger partial charge on any atom is -0.00174 e. The summed E-state index contributed by atoms with van der Waals surface area (Å²) in [7, 11) is 2.04. The van der Waals surface area contributed by atoms with Gasteiger partial charge in [-0.3, -0.25) is 0 Å². The second-order valence-corrected chi connectivity index (χ2v) is 4.21. The molecule has 0 heterocycles. The van der Waals surface area contributed by atoms with E-state index in [2.05, 4.69) is 36.5 Å². The number of hydrogen-bond donors (Lipinski definition) is 1. The van der Waals surface area contributed by atoms with Crippen LogP contribution in [-0.2, 0) is 6.42 Å². The lowest BCUT2D eigenvalue weighted by Crippen LogP contribution is -2.10. The first-order valence-corrected chi connectivity index (χ1v) is 5.59. The fourth-order valence-corrected chi connectivity index (χ4v) is 2.33. The van der Waals surface area contributed by atoms with Gasteiger partial charge in [-0.15, -0.1) is 0 Å². The molecule has 2 atom stereocenters. The molecule has 2 unspecified atom stereocenters. The number of hydrogen-bond acceptors (Lipinski definition) is 1. The molecule has 1 fully saturated rings. The molecule has 0 spiro atoms. The molecule has 0 saturated heterocycles. The molecule has 1 aliphatic rings. The third-order valence-electron chi connectivity index (χ3n) is 3.22. The van der Waals surface area contributed by atoms with Crippen LogP contribution in [0.1, 0.15) is 30.4 Å². The Morgan fingerprint density at radius 3 is 2.86 bits per heavy atom. The first-order chi connectivity index (χ1) is 6.86. The average Bonchev–Trinajstić information content (AvgIpc) is 2.98. The van der Waals surface area contributed by atoms with Gasteiger partial charge in [0.05, 0.1) is 0 Å². The maximum atomic E-state index is 3.27. The van der Waals surface area contributed by atoms with E-state index in [-0.39, 0.29) is 0 Å². The van der Waals surface area contributed by atoms with E-state index in [1.165, 1.54) is 24.9 Å². The zero-order valence-corrected chi connectivity index (χ0v) is 9.09. The topological polar surface area (TPSA) is 12.0 Å². The molecule has 1 N–H and O–H groups in total. The Labute approximate surface area is 86.5 Å². The Morgan fingerprint density at radius 2 is 2.14 bits per heavy atom. The molecule has 0 aliphatic heterocycles. The van der Waals surface area contributed by atoms with Gasteiger partial charge in [0.1, 0.15) is 0 Å². The van der Waals surface area contributed by atoms with Crippen molar-refractivity contribution in [2.45, 2.75) is 25.7 Å². The van der Waals surface area contributed by atoms with Gasteiger partial charge in [0.15, 0.2) is 0 Å². The first kappa shape index (κ1) is 9.72. The lowest BCUT2D eigenvalue weighted by molar-refractivity contribution is 0.696. The lowest BCUT2D eigenvalue weighted by atomic mass is 10.0. The second-order valence-electron chi connectivity index (χ2n) is 4.21. The minimum absolute atomic E-state index is 0.832. The fraction of sp³-hybridized carbons (Fsp3) is 0.538. The molecule has 1 aliphatic carbocycles. The molecular formula is C13H19N. The predicted molar refractivity (Wildman–Crippen MR) is 60.6 cm³/mol. The van der Waals surface area contributed by atoms with E-state index in [0.717, 1.165) is 11.8 Å². The van der Waals surface area contributed by atoms with Gasteiger partial charge in [0.2, 0.25) is 0 Å². The highest BCUT2D eigenvalue weighted by molar-refractivity contribution is 5.34. The van der Waals surface area contributed by atoms with E-state index in [0.29, 0.717) is 0 Å². The minimum atomic E-state index is 0.832. The molecule has 0 radical (unpaired) electrons. The third kappa shape index (κ3) is 1.83. The summed E-state index contributed by atoms with van der Waals surface area (Å²) in [6, 6.07) is 8.89. The Morgan fingerprint density at radius 1 is 1.36 bits per heavy atom.